The summed E-state index contributed by atoms with van der Waals surface area (Å²) in [6.07, 6.45) is 3.74. The molecule has 17 heavy (non-hydrogen) atoms. The summed E-state index contributed by atoms with van der Waals surface area (Å²) in [6, 6.07) is 7.69. The highest BCUT2D eigenvalue weighted by atomic mass is 35.5. The molecule has 0 bridgehead atoms. The van der Waals surface area contributed by atoms with Gasteiger partial charge in [-0.25, -0.2) is 4.98 Å². The number of nitrogens with one attached hydrogen (secondary N) is 1. The van der Waals surface area contributed by atoms with Gasteiger partial charge < -0.3 is 5.32 Å². The molecule has 1 heterocycles. The SMILES string of the molecule is C=CCNc1nc(C)cn1-c1ccccc1Cl. The first kappa shape index (κ1) is 11.7. The molecule has 0 spiro atoms. The van der Waals surface area contributed by atoms with Gasteiger partial charge in [0.15, 0.2) is 0 Å². The molecule has 2 aromatic rings. The van der Waals surface area contributed by atoms with Crippen LogP contribution in [0.15, 0.2) is 43.1 Å². The van der Waals surface area contributed by atoms with Crippen molar-refractivity contribution in [3.8, 4) is 5.69 Å². The summed E-state index contributed by atoms with van der Waals surface area (Å²) in [4.78, 5) is 4.41. The fraction of sp³-hybridized carbons (Fsp3) is 0.154. The lowest BCUT2D eigenvalue weighted by atomic mass is 10.3. The van der Waals surface area contributed by atoms with Gasteiger partial charge in [-0.1, -0.05) is 29.8 Å². The zero-order valence-corrected chi connectivity index (χ0v) is 10.4. The number of rotatable bonds is 4. The number of nitrogens with zero attached hydrogens (tertiary/aromatic N) is 2. The van der Waals surface area contributed by atoms with Crippen molar-refractivity contribution in [1.82, 2.24) is 9.55 Å². The molecule has 4 heteroatoms. The van der Waals surface area contributed by atoms with Crippen LogP contribution in [0.4, 0.5) is 5.95 Å². The number of aryl methyl sites for hydroxylation is 1. The molecule has 3 nitrogen and oxygen atoms in total. The standard InChI is InChI=1S/C13H14ClN3/c1-3-8-15-13-16-10(2)9-17(13)12-7-5-4-6-11(12)14/h3-7,9H,1,8H2,2H3,(H,15,16). The molecule has 0 radical (unpaired) electrons. The van der Waals surface area contributed by atoms with E-state index in [1.165, 1.54) is 0 Å². The molecular weight excluding hydrogens is 234 g/mol. The lowest BCUT2D eigenvalue weighted by molar-refractivity contribution is 1.04. The predicted molar refractivity (Wildman–Crippen MR) is 72.0 cm³/mol. The summed E-state index contributed by atoms with van der Waals surface area (Å²) < 4.78 is 1.95. The summed E-state index contributed by atoms with van der Waals surface area (Å²) in [6.45, 7) is 6.30. The number of imidazole rings is 1. The number of hydrogen-bond donors (Lipinski definition) is 1. The van der Waals surface area contributed by atoms with Crippen LogP contribution >= 0.6 is 11.6 Å². The van der Waals surface area contributed by atoms with Crippen molar-refractivity contribution in [2.75, 3.05) is 11.9 Å². The third-order valence-electron chi connectivity index (χ3n) is 2.34. The van der Waals surface area contributed by atoms with Crippen molar-refractivity contribution in [2.24, 2.45) is 0 Å². The number of para-hydroxylation sites is 1. The van der Waals surface area contributed by atoms with Crippen LogP contribution in [0.1, 0.15) is 5.69 Å². The summed E-state index contributed by atoms with van der Waals surface area (Å²) in [7, 11) is 0. The molecule has 0 aliphatic heterocycles. The minimum Gasteiger partial charge on any atom is -0.352 e. The van der Waals surface area contributed by atoms with Gasteiger partial charge in [0, 0.05) is 12.7 Å². The fourth-order valence-electron chi connectivity index (χ4n) is 1.62. The van der Waals surface area contributed by atoms with Gasteiger partial charge in [0.1, 0.15) is 0 Å². The van der Waals surface area contributed by atoms with Gasteiger partial charge >= 0.3 is 0 Å². The Kier molecular flexibility index (Phi) is 3.49. The molecule has 0 saturated heterocycles. The van der Waals surface area contributed by atoms with Crippen LogP contribution < -0.4 is 5.32 Å². The molecule has 1 aromatic carbocycles. The number of halogens is 1. The molecule has 0 amide bonds. The quantitative estimate of drug-likeness (QED) is 0.839. The van der Waals surface area contributed by atoms with E-state index in [0.717, 1.165) is 17.3 Å². The van der Waals surface area contributed by atoms with Crippen LogP contribution in [0.3, 0.4) is 0 Å². The van der Waals surface area contributed by atoms with Gasteiger partial charge in [0.2, 0.25) is 5.95 Å². The highest BCUT2D eigenvalue weighted by Crippen LogP contribution is 2.23. The molecule has 0 saturated carbocycles. The van der Waals surface area contributed by atoms with Crippen molar-refractivity contribution < 1.29 is 0 Å². The Bertz CT molecular complexity index is 531. The van der Waals surface area contributed by atoms with Crippen LogP contribution in [-0.4, -0.2) is 16.1 Å². The van der Waals surface area contributed by atoms with E-state index < -0.39 is 0 Å². The second-order valence-electron chi connectivity index (χ2n) is 3.70. The van der Waals surface area contributed by atoms with E-state index in [-0.39, 0.29) is 0 Å². The molecular formula is C13H14ClN3. The Morgan fingerprint density at radius 3 is 2.94 bits per heavy atom. The largest absolute Gasteiger partial charge is 0.352 e. The van der Waals surface area contributed by atoms with Crippen LogP contribution in [0.2, 0.25) is 5.02 Å². The summed E-state index contributed by atoms with van der Waals surface area (Å²) in [5, 5.41) is 3.89. The van der Waals surface area contributed by atoms with Crippen molar-refractivity contribution >= 4 is 17.5 Å². The van der Waals surface area contributed by atoms with Crippen molar-refractivity contribution in [3.05, 3.63) is 53.8 Å². The van der Waals surface area contributed by atoms with E-state index in [1.54, 1.807) is 6.08 Å². The first-order chi connectivity index (χ1) is 8.22. The van der Waals surface area contributed by atoms with E-state index in [4.69, 9.17) is 11.6 Å². The lowest BCUT2D eigenvalue weighted by Crippen LogP contribution is -2.05. The lowest BCUT2D eigenvalue weighted by Gasteiger charge is -2.09. The van der Waals surface area contributed by atoms with Crippen LogP contribution in [0.25, 0.3) is 5.69 Å². The molecule has 0 fully saturated rings. The van der Waals surface area contributed by atoms with Crippen LogP contribution in [0.5, 0.6) is 0 Å². The number of benzene rings is 1. The third kappa shape index (κ3) is 2.50. The minimum absolute atomic E-state index is 0.668. The molecule has 1 N–H and O–H groups in total. The van der Waals surface area contributed by atoms with Gasteiger partial charge in [0.25, 0.3) is 0 Å². The fourth-order valence-corrected chi connectivity index (χ4v) is 1.84. The molecule has 0 atom stereocenters. The topological polar surface area (TPSA) is 29.9 Å². The zero-order chi connectivity index (χ0) is 12.3. The minimum atomic E-state index is 0.668. The highest BCUT2D eigenvalue weighted by molar-refractivity contribution is 6.32. The highest BCUT2D eigenvalue weighted by Gasteiger charge is 2.08. The molecule has 1 aromatic heterocycles. The Balaban J connectivity index is 2.44. The summed E-state index contributed by atoms with van der Waals surface area (Å²) in [5.74, 6) is 0.774. The maximum Gasteiger partial charge on any atom is 0.208 e. The number of hydrogen-bond acceptors (Lipinski definition) is 2. The van der Waals surface area contributed by atoms with Crippen LogP contribution in [-0.2, 0) is 0 Å². The predicted octanol–water partition coefficient (Wildman–Crippen LogP) is 3.43. The Morgan fingerprint density at radius 2 is 2.24 bits per heavy atom. The number of anilines is 1. The summed E-state index contributed by atoms with van der Waals surface area (Å²) >= 11 is 6.18. The second kappa shape index (κ2) is 5.06. The van der Waals surface area contributed by atoms with Gasteiger partial charge in [-0.05, 0) is 19.1 Å². The van der Waals surface area contributed by atoms with Gasteiger partial charge in [-0.15, -0.1) is 6.58 Å². The molecule has 0 unspecified atom stereocenters. The van der Waals surface area contributed by atoms with Crippen LogP contribution in [0, 0.1) is 6.92 Å². The van der Waals surface area contributed by atoms with Gasteiger partial charge in [-0.2, -0.15) is 0 Å². The average molecular weight is 248 g/mol. The zero-order valence-electron chi connectivity index (χ0n) is 9.65. The molecule has 88 valence electrons. The molecule has 2 rings (SSSR count). The first-order valence-corrected chi connectivity index (χ1v) is 5.76. The van der Waals surface area contributed by atoms with E-state index in [0.29, 0.717) is 11.6 Å². The summed E-state index contributed by atoms with van der Waals surface area (Å²) in [5.41, 5.74) is 1.86. The van der Waals surface area contributed by atoms with E-state index >= 15 is 0 Å². The molecule has 0 aliphatic rings. The van der Waals surface area contributed by atoms with Gasteiger partial charge in [0.05, 0.1) is 16.4 Å². The third-order valence-corrected chi connectivity index (χ3v) is 2.66. The van der Waals surface area contributed by atoms with Gasteiger partial charge in [-0.3, -0.25) is 4.57 Å². The Morgan fingerprint density at radius 1 is 1.47 bits per heavy atom. The first-order valence-electron chi connectivity index (χ1n) is 5.38. The molecule has 0 aliphatic carbocycles. The Hall–Kier alpha value is -1.74. The normalized spacial score (nSPS) is 10.2. The number of aromatic nitrogens is 2. The van der Waals surface area contributed by atoms with E-state index in [1.807, 2.05) is 42.0 Å². The Labute approximate surface area is 106 Å². The maximum atomic E-state index is 6.18. The monoisotopic (exact) mass is 247 g/mol. The van der Waals surface area contributed by atoms with Crippen molar-refractivity contribution in [3.63, 3.8) is 0 Å². The van der Waals surface area contributed by atoms with E-state index in [9.17, 15) is 0 Å². The smallest absolute Gasteiger partial charge is 0.208 e. The second-order valence-corrected chi connectivity index (χ2v) is 4.10. The van der Waals surface area contributed by atoms with E-state index in [2.05, 4.69) is 16.9 Å². The van der Waals surface area contributed by atoms with Crippen molar-refractivity contribution in [1.29, 1.82) is 0 Å². The van der Waals surface area contributed by atoms with Crippen molar-refractivity contribution in [2.45, 2.75) is 6.92 Å². The average Bonchev–Trinajstić information content (AvgIpc) is 2.68. The maximum absolute atomic E-state index is 6.18.